The quantitative estimate of drug-likeness (QED) is 0.326. The second-order valence-electron chi connectivity index (χ2n) is 8.65. The van der Waals surface area contributed by atoms with Gasteiger partial charge in [0.25, 0.3) is 11.8 Å². The summed E-state index contributed by atoms with van der Waals surface area (Å²) in [5, 5.41) is 17.5. The van der Waals surface area contributed by atoms with Crippen LogP contribution in [0.5, 0.6) is 17.2 Å². The SMILES string of the molecule is CCOc1ccc(NC(=O)COc2ccc(/C=C3/C(=O)N(c4cccc(C(=O)O)c4)N=C3C)cc2OCC)cc1. The van der Waals surface area contributed by atoms with E-state index in [1.54, 1.807) is 67.6 Å². The van der Waals surface area contributed by atoms with E-state index >= 15 is 0 Å². The van der Waals surface area contributed by atoms with Crippen LogP contribution >= 0.6 is 0 Å². The minimum atomic E-state index is -1.09. The van der Waals surface area contributed by atoms with Gasteiger partial charge in [0.2, 0.25) is 0 Å². The topological polar surface area (TPSA) is 127 Å². The average molecular weight is 544 g/mol. The third kappa shape index (κ3) is 6.65. The molecular formula is C30H29N3O7. The summed E-state index contributed by atoms with van der Waals surface area (Å²) in [4.78, 5) is 36.9. The molecule has 0 unspecified atom stereocenters. The Labute approximate surface area is 231 Å². The molecular weight excluding hydrogens is 514 g/mol. The number of carbonyl (C=O) groups is 3. The largest absolute Gasteiger partial charge is 0.494 e. The van der Waals surface area contributed by atoms with Crippen molar-refractivity contribution in [2.75, 3.05) is 30.1 Å². The second kappa shape index (κ2) is 12.6. The van der Waals surface area contributed by atoms with E-state index < -0.39 is 5.97 Å². The molecule has 1 heterocycles. The predicted octanol–water partition coefficient (Wildman–Crippen LogP) is 5.01. The number of hydrogen-bond donors (Lipinski definition) is 2. The summed E-state index contributed by atoms with van der Waals surface area (Å²) in [6.45, 7) is 6.12. The van der Waals surface area contributed by atoms with Gasteiger partial charge in [-0.25, -0.2) is 4.79 Å². The molecule has 0 spiro atoms. The van der Waals surface area contributed by atoms with Crippen LogP contribution in [0.2, 0.25) is 0 Å². The molecule has 0 saturated heterocycles. The molecule has 2 N–H and O–H groups in total. The van der Waals surface area contributed by atoms with Crippen LogP contribution in [0.3, 0.4) is 0 Å². The number of carboxylic acid groups (broad SMARTS) is 1. The van der Waals surface area contributed by atoms with E-state index in [0.29, 0.717) is 58.7 Å². The van der Waals surface area contributed by atoms with Gasteiger partial charge in [-0.15, -0.1) is 0 Å². The first-order valence-electron chi connectivity index (χ1n) is 12.7. The number of aromatic carboxylic acids is 1. The van der Waals surface area contributed by atoms with Gasteiger partial charge >= 0.3 is 5.97 Å². The molecule has 0 atom stereocenters. The zero-order valence-corrected chi connectivity index (χ0v) is 22.3. The Hall–Kier alpha value is -5.12. The Balaban J connectivity index is 1.46. The maximum absolute atomic E-state index is 13.1. The van der Waals surface area contributed by atoms with Gasteiger partial charge in [-0.05, 0) is 87.0 Å². The minimum Gasteiger partial charge on any atom is -0.494 e. The summed E-state index contributed by atoms with van der Waals surface area (Å²) < 4.78 is 16.9. The van der Waals surface area contributed by atoms with E-state index in [4.69, 9.17) is 14.2 Å². The van der Waals surface area contributed by atoms with Crippen LogP contribution in [0.1, 0.15) is 36.7 Å². The number of carboxylic acids is 1. The lowest BCUT2D eigenvalue weighted by molar-refractivity contribution is -0.118. The molecule has 0 saturated carbocycles. The van der Waals surface area contributed by atoms with Crippen LogP contribution < -0.4 is 24.5 Å². The van der Waals surface area contributed by atoms with E-state index in [9.17, 15) is 19.5 Å². The highest BCUT2D eigenvalue weighted by Gasteiger charge is 2.29. The fraction of sp³-hybridized carbons (Fsp3) is 0.200. The van der Waals surface area contributed by atoms with Gasteiger partial charge in [-0.3, -0.25) is 9.59 Å². The lowest BCUT2D eigenvalue weighted by Gasteiger charge is -2.13. The van der Waals surface area contributed by atoms with Gasteiger partial charge in [0.15, 0.2) is 18.1 Å². The zero-order valence-electron chi connectivity index (χ0n) is 22.3. The lowest BCUT2D eigenvalue weighted by atomic mass is 10.1. The van der Waals surface area contributed by atoms with Crippen molar-refractivity contribution in [2.24, 2.45) is 5.10 Å². The normalized spacial score (nSPS) is 13.7. The molecule has 1 aliphatic rings. The highest BCUT2D eigenvalue weighted by molar-refractivity contribution is 6.32. The Kier molecular flexibility index (Phi) is 8.80. The Morgan fingerprint density at radius 3 is 2.40 bits per heavy atom. The second-order valence-corrected chi connectivity index (χ2v) is 8.65. The predicted molar refractivity (Wildman–Crippen MR) is 151 cm³/mol. The fourth-order valence-corrected chi connectivity index (χ4v) is 3.94. The van der Waals surface area contributed by atoms with Crippen LogP contribution in [0, 0.1) is 0 Å². The number of carbonyl (C=O) groups excluding carboxylic acids is 2. The number of hydrogen-bond acceptors (Lipinski definition) is 7. The molecule has 0 aromatic heterocycles. The third-order valence-corrected chi connectivity index (χ3v) is 5.79. The van der Waals surface area contributed by atoms with Crippen molar-refractivity contribution in [2.45, 2.75) is 20.8 Å². The Morgan fingerprint density at radius 1 is 0.950 bits per heavy atom. The maximum atomic E-state index is 13.1. The minimum absolute atomic E-state index is 0.0562. The lowest BCUT2D eigenvalue weighted by Crippen LogP contribution is -2.21. The first-order chi connectivity index (χ1) is 19.3. The highest BCUT2D eigenvalue weighted by Crippen LogP contribution is 2.31. The van der Waals surface area contributed by atoms with Crippen molar-refractivity contribution in [1.29, 1.82) is 0 Å². The van der Waals surface area contributed by atoms with Crippen LogP contribution in [-0.4, -0.2) is 48.4 Å². The molecule has 0 fully saturated rings. The molecule has 1 aliphatic heterocycles. The van der Waals surface area contributed by atoms with Gasteiger partial charge in [-0.1, -0.05) is 12.1 Å². The number of benzene rings is 3. The first kappa shape index (κ1) is 27.9. The number of nitrogens with zero attached hydrogens (tertiary/aromatic N) is 2. The van der Waals surface area contributed by atoms with Gasteiger partial charge in [-0.2, -0.15) is 10.1 Å². The molecule has 3 aromatic rings. The fourth-order valence-electron chi connectivity index (χ4n) is 3.94. The Bertz CT molecular complexity index is 1480. The van der Waals surface area contributed by atoms with Gasteiger partial charge in [0.1, 0.15) is 5.75 Å². The Morgan fingerprint density at radius 2 is 1.70 bits per heavy atom. The van der Waals surface area contributed by atoms with Gasteiger partial charge in [0.05, 0.1) is 35.7 Å². The van der Waals surface area contributed by atoms with Crippen LogP contribution in [0.15, 0.2) is 77.4 Å². The monoisotopic (exact) mass is 543 g/mol. The smallest absolute Gasteiger partial charge is 0.335 e. The van der Waals surface area contributed by atoms with E-state index in [2.05, 4.69) is 10.4 Å². The van der Waals surface area contributed by atoms with Gasteiger partial charge < -0.3 is 24.6 Å². The summed E-state index contributed by atoms with van der Waals surface area (Å²) in [5.74, 6) is -0.311. The molecule has 10 nitrogen and oxygen atoms in total. The summed E-state index contributed by atoms with van der Waals surface area (Å²) in [5.41, 5.74) is 2.52. The summed E-state index contributed by atoms with van der Waals surface area (Å²) in [7, 11) is 0. The van der Waals surface area contributed by atoms with E-state index in [1.807, 2.05) is 13.8 Å². The standard InChI is InChI=1S/C30H29N3O7/c1-4-38-24-12-10-22(11-13-24)31-28(34)18-40-26-14-9-20(16-27(26)39-5-2)15-25-19(3)32-33(29(25)35)23-8-6-7-21(17-23)30(36)37/h6-17H,4-5,18H2,1-3H3,(H,31,34)(H,36,37)/b25-15+. The molecule has 2 amide bonds. The number of amides is 2. The maximum Gasteiger partial charge on any atom is 0.335 e. The molecule has 40 heavy (non-hydrogen) atoms. The molecule has 0 radical (unpaired) electrons. The van der Waals surface area contributed by atoms with E-state index in [1.165, 1.54) is 17.1 Å². The molecule has 10 heteroatoms. The third-order valence-electron chi connectivity index (χ3n) is 5.79. The number of nitrogens with one attached hydrogen (secondary N) is 1. The van der Waals surface area contributed by atoms with Crippen LogP contribution in [0.4, 0.5) is 11.4 Å². The molecule has 4 rings (SSSR count). The van der Waals surface area contributed by atoms with Crippen molar-refractivity contribution >= 4 is 40.9 Å². The zero-order chi connectivity index (χ0) is 28.6. The molecule has 206 valence electrons. The van der Waals surface area contributed by atoms with E-state index in [-0.39, 0.29) is 24.0 Å². The van der Waals surface area contributed by atoms with Gasteiger partial charge in [0, 0.05) is 5.69 Å². The van der Waals surface area contributed by atoms with Crippen molar-refractivity contribution in [1.82, 2.24) is 0 Å². The highest BCUT2D eigenvalue weighted by atomic mass is 16.5. The van der Waals surface area contributed by atoms with E-state index in [0.717, 1.165) is 0 Å². The van der Waals surface area contributed by atoms with Crippen molar-refractivity contribution < 1.29 is 33.7 Å². The molecule has 3 aromatic carbocycles. The van der Waals surface area contributed by atoms with Crippen molar-refractivity contribution in [3.05, 3.63) is 83.4 Å². The summed E-state index contributed by atoms with van der Waals surface area (Å²) in [6.07, 6.45) is 1.67. The average Bonchev–Trinajstić information content (AvgIpc) is 3.22. The number of anilines is 2. The number of ether oxygens (including phenoxy) is 3. The summed E-state index contributed by atoms with van der Waals surface area (Å²) in [6, 6.07) is 18.2. The van der Waals surface area contributed by atoms with Crippen LogP contribution in [0.25, 0.3) is 6.08 Å². The van der Waals surface area contributed by atoms with Crippen molar-refractivity contribution in [3.63, 3.8) is 0 Å². The first-order valence-corrected chi connectivity index (χ1v) is 12.7. The summed E-state index contributed by atoms with van der Waals surface area (Å²) >= 11 is 0. The number of rotatable bonds is 11. The van der Waals surface area contributed by atoms with Crippen LogP contribution in [-0.2, 0) is 9.59 Å². The molecule has 0 aliphatic carbocycles. The number of hydrazone groups is 1. The van der Waals surface area contributed by atoms with Crippen molar-refractivity contribution in [3.8, 4) is 17.2 Å². The molecule has 0 bridgehead atoms.